The van der Waals surface area contributed by atoms with Gasteiger partial charge in [-0.1, -0.05) is 19.9 Å². The first kappa shape index (κ1) is 15.8. The normalized spacial score (nSPS) is 17.6. The van der Waals surface area contributed by atoms with Crippen LogP contribution in [0.2, 0.25) is 0 Å². The van der Waals surface area contributed by atoms with Crippen molar-refractivity contribution in [2.24, 2.45) is 5.92 Å². The van der Waals surface area contributed by atoms with Crippen LogP contribution < -0.4 is 10.2 Å². The van der Waals surface area contributed by atoms with Gasteiger partial charge in [0, 0.05) is 31.9 Å². The Kier molecular flexibility index (Phi) is 4.21. The molecule has 0 amide bonds. The number of anilines is 2. The van der Waals surface area contributed by atoms with Crippen molar-refractivity contribution in [1.82, 2.24) is 24.6 Å². The average molecular weight is 337 g/mol. The lowest BCUT2D eigenvalue weighted by Crippen LogP contribution is -2.25. The van der Waals surface area contributed by atoms with Gasteiger partial charge in [-0.3, -0.25) is 0 Å². The second-order valence-corrected chi connectivity index (χ2v) is 6.86. The van der Waals surface area contributed by atoms with E-state index in [1.807, 2.05) is 28.9 Å². The van der Waals surface area contributed by atoms with Gasteiger partial charge in [0.2, 0.25) is 0 Å². The zero-order chi connectivity index (χ0) is 17.2. The van der Waals surface area contributed by atoms with Crippen LogP contribution >= 0.6 is 0 Å². The molecule has 130 valence electrons. The Hall–Kier alpha value is -2.70. The highest BCUT2D eigenvalue weighted by molar-refractivity contribution is 5.49. The smallest absolute Gasteiger partial charge is 0.254 e. The van der Waals surface area contributed by atoms with E-state index in [0.29, 0.717) is 17.6 Å². The van der Waals surface area contributed by atoms with Crippen molar-refractivity contribution in [2.45, 2.75) is 26.2 Å². The van der Waals surface area contributed by atoms with E-state index < -0.39 is 0 Å². The third-order valence-corrected chi connectivity index (χ3v) is 4.69. The van der Waals surface area contributed by atoms with E-state index in [9.17, 15) is 0 Å². The molecule has 1 N–H and O–H groups in total. The largest absolute Gasteiger partial charge is 0.370 e. The quantitative estimate of drug-likeness (QED) is 0.771. The van der Waals surface area contributed by atoms with E-state index >= 15 is 0 Å². The molecule has 0 saturated carbocycles. The number of hydrogen-bond acceptors (Lipinski definition) is 6. The third kappa shape index (κ3) is 3.26. The highest BCUT2D eigenvalue weighted by Gasteiger charge is 2.25. The van der Waals surface area contributed by atoms with Crippen LogP contribution in [-0.2, 0) is 0 Å². The fourth-order valence-electron chi connectivity index (χ4n) is 3.26. The van der Waals surface area contributed by atoms with Gasteiger partial charge in [-0.15, -0.1) is 0 Å². The van der Waals surface area contributed by atoms with Crippen LogP contribution in [0.3, 0.4) is 0 Å². The lowest BCUT2D eigenvalue weighted by Gasteiger charge is -2.20. The summed E-state index contributed by atoms with van der Waals surface area (Å²) >= 11 is 0. The SMILES string of the molecule is CC(C)c1cc(N2CC[C@H](CNc3ccccn3)C2)n2ncnc2n1. The third-order valence-electron chi connectivity index (χ3n) is 4.69. The summed E-state index contributed by atoms with van der Waals surface area (Å²) in [7, 11) is 0. The molecule has 0 spiro atoms. The van der Waals surface area contributed by atoms with Gasteiger partial charge in [0.15, 0.2) is 0 Å². The van der Waals surface area contributed by atoms with Gasteiger partial charge in [-0.25, -0.2) is 9.97 Å². The average Bonchev–Trinajstić information content (AvgIpc) is 3.29. The summed E-state index contributed by atoms with van der Waals surface area (Å²) in [6.07, 6.45) is 4.54. The summed E-state index contributed by atoms with van der Waals surface area (Å²) in [5.41, 5.74) is 1.06. The Morgan fingerprint density at radius 1 is 1.28 bits per heavy atom. The second kappa shape index (κ2) is 6.66. The van der Waals surface area contributed by atoms with Crippen molar-refractivity contribution in [2.75, 3.05) is 29.9 Å². The van der Waals surface area contributed by atoms with E-state index in [2.05, 4.69) is 50.2 Å². The van der Waals surface area contributed by atoms with Crippen LogP contribution in [0.4, 0.5) is 11.6 Å². The molecule has 0 aliphatic carbocycles. The number of aromatic nitrogens is 5. The highest BCUT2D eigenvalue weighted by Crippen LogP contribution is 2.26. The summed E-state index contributed by atoms with van der Waals surface area (Å²) in [5.74, 6) is 3.65. The molecule has 7 heteroatoms. The van der Waals surface area contributed by atoms with Crippen molar-refractivity contribution < 1.29 is 0 Å². The van der Waals surface area contributed by atoms with Crippen molar-refractivity contribution >= 4 is 17.4 Å². The number of pyridine rings is 1. The number of hydrogen-bond donors (Lipinski definition) is 1. The van der Waals surface area contributed by atoms with E-state index in [0.717, 1.165) is 43.4 Å². The van der Waals surface area contributed by atoms with Gasteiger partial charge < -0.3 is 10.2 Å². The topological polar surface area (TPSA) is 71.2 Å². The van der Waals surface area contributed by atoms with Crippen LogP contribution in [-0.4, -0.2) is 44.2 Å². The van der Waals surface area contributed by atoms with E-state index in [4.69, 9.17) is 0 Å². The molecule has 1 fully saturated rings. The summed E-state index contributed by atoms with van der Waals surface area (Å²) in [4.78, 5) is 15.6. The molecule has 4 heterocycles. The Morgan fingerprint density at radius 3 is 3.00 bits per heavy atom. The predicted molar refractivity (Wildman–Crippen MR) is 97.9 cm³/mol. The summed E-state index contributed by atoms with van der Waals surface area (Å²) in [6.45, 7) is 7.25. The molecular weight excluding hydrogens is 314 g/mol. The monoisotopic (exact) mass is 337 g/mol. The van der Waals surface area contributed by atoms with Crippen molar-refractivity contribution in [3.05, 3.63) is 42.5 Å². The van der Waals surface area contributed by atoms with Crippen molar-refractivity contribution in [3.8, 4) is 0 Å². The lowest BCUT2D eigenvalue weighted by molar-refractivity contribution is 0.620. The molecular formula is C18H23N7. The fourth-order valence-corrected chi connectivity index (χ4v) is 3.26. The molecule has 1 aliphatic heterocycles. The lowest BCUT2D eigenvalue weighted by atomic mass is 10.1. The van der Waals surface area contributed by atoms with Crippen LogP contribution in [0, 0.1) is 5.92 Å². The molecule has 0 radical (unpaired) electrons. The minimum absolute atomic E-state index is 0.365. The molecule has 0 unspecified atom stereocenters. The van der Waals surface area contributed by atoms with Gasteiger partial charge in [0.05, 0.1) is 5.69 Å². The van der Waals surface area contributed by atoms with E-state index in [-0.39, 0.29) is 0 Å². The first-order valence-corrected chi connectivity index (χ1v) is 8.81. The van der Waals surface area contributed by atoms with Crippen molar-refractivity contribution in [1.29, 1.82) is 0 Å². The van der Waals surface area contributed by atoms with E-state index in [1.54, 1.807) is 6.33 Å². The standard InChI is InChI=1S/C18H23N7/c1-13(2)15-9-17(25-18(23-15)21-12-22-25)24-8-6-14(11-24)10-20-16-5-3-4-7-19-16/h3-5,7,9,12-14H,6,8,10-11H2,1-2H3,(H,19,20)/t14-/m1/s1. The molecule has 25 heavy (non-hydrogen) atoms. The molecule has 0 bridgehead atoms. The van der Waals surface area contributed by atoms with Gasteiger partial charge in [-0.05, 0) is 30.4 Å². The zero-order valence-corrected chi connectivity index (χ0v) is 14.6. The maximum absolute atomic E-state index is 4.60. The maximum atomic E-state index is 4.60. The Balaban J connectivity index is 1.49. The van der Waals surface area contributed by atoms with E-state index in [1.165, 1.54) is 0 Å². The first-order chi connectivity index (χ1) is 12.2. The Morgan fingerprint density at radius 2 is 2.20 bits per heavy atom. The van der Waals surface area contributed by atoms with Crippen molar-refractivity contribution in [3.63, 3.8) is 0 Å². The van der Waals surface area contributed by atoms with Crippen LogP contribution in [0.15, 0.2) is 36.8 Å². The van der Waals surface area contributed by atoms with Gasteiger partial charge in [0.25, 0.3) is 5.78 Å². The fraction of sp³-hybridized carbons (Fsp3) is 0.444. The molecule has 4 rings (SSSR count). The number of nitrogens with zero attached hydrogens (tertiary/aromatic N) is 6. The van der Waals surface area contributed by atoms with Crippen LogP contribution in [0.1, 0.15) is 31.9 Å². The minimum Gasteiger partial charge on any atom is -0.370 e. The molecule has 1 saturated heterocycles. The summed E-state index contributed by atoms with van der Waals surface area (Å²) in [6, 6.07) is 8.09. The summed E-state index contributed by atoms with van der Waals surface area (Å²) < 4.78 is 1.85. The second-order valence-electron chi connectivity index (χ2n) is 6.86. The molecule has 0 aromatic carbocycles. The molecule has 3 aromatic rings. The minimum atomic E-state index is 0.365. The number of rotatable bonds is 5. The maximum Gasteiger partial charge on any atom is 0.254 e. The Labute approximate surface area is 147 Å². The Bertz CT molecular complexity index is 843. The predicted octanol–water partition coefficient (Wildman–Crippen LogP) is 2.58. The van der Waals surface area contributed by atoms with Gasteiger partial charge in [-0.2, -0.15) is 14.6 Å². The molecule has 1 atom stereocenters. The summed E-state index contributed by atoms with van der Waals surface area (Å²) in [5, 5.41) is 7.79. The molecule has 3 aromatic heterocycles. The first-order valence-electron chi connectivity index (χ1n) is 8.81. The zero-order valence-electron chi connectivity index (χ0n) is 14.6. The highest BCUT2D eigenvalue weighted by atomic mass is 15.4. The number of nitrogens with one attached hydrogen (secondary N) is 1. The molecule has 7 nitrogen and oxygen atoms in total. The van der Waals surface area contributed by atoms with Crippen LogP contribution in [0.25, 0.3) is 5.78 Å². The number of fused-ring (bicyclic) bond motifs is 1. The van der Waals surface area contributed by atoms with Crippen LogP contribution in [0.5, 0.6) is 0 Å². The van der Waals surface area contributed by atoms with Gasteiger partial charge in [0.1, 0.15) is 18.0 Å². The van der Waals surface area contributed by atoms with Gasteiger partial charge >= 0.3 is 0 Å². The molecule has 1 aliphatic rings.